The van der Waals surface area contributed by atoms with Crippen LogP contribution in [0.5, 0.6) is 5.75 Å². The molecule has 32 heavy (non-hydrogen) atoms. The summed E-state index contributed by atoms with van der Waals surface area (Å²) in [5.74, 6) is 1.14. The van der Waals surface area contributed by atoms with Crippen LogP contribution in [0.3, 0.4) is 0 Å². The first-order valence-electron chi connectivity index (χ1n) is 10.3. The van der Waals surface area contributed by atoms with Gasteiger partial charge in [0, 0.05) is 11.1 Å². The van der Waals surface area contributed by atoms with Crippen molar-refractivity contribution in [2.24, 2.45) is 0 Å². The molecule has 2 aromatic heterocycles. The smallest absolute Gasteiger partial charge is 0.288 e. The van der Waals surface area contributed by atoms with Crippen LogP contribution in [0.4, 0.5) is 11.6 Å². The van der Waals surface area contributed by atoms with Gasteiger partial charge in [0.15, 0.2) is 0 Å². The fourth-order valence-corrected chi connectivity index (χ4v) is 3.98. The monoisotopic (exact) mass is 429 g/mol. The van der Waals surface area contributed by atoms with Crippen LogP contribution in [0.25, 0.3) is 11.3 Å². The molecule has 4 aromatic rings. The highest BCUT2D eigenvalue weighted by Crippen LogP contribution is 2.41. The van der Waals surface area contributed by atoms with Crippen LogP contribution in [-0.2, 0) is 5.41 Å². The highest BCUT2D eigenvalue weighted by Gasteiger charge is 2.34. The Kier molecular flexibility index (Phi) is 4.54. The Morgan fingerprint density at radius 3 is 2.41 bits per heavy atom. The van der Waals surface area contributed by atoms with Gasteiger partial charge in [-0.25, -0.2) is 5.10 Å². The Labute approximate surface area is 184 Å². The molecule has 0 spiro atoms. The Balaban J connectivity index is 1.73. The van der Waals surface area contributed by atoms with Crippen molar-refractivity contribution in [3.05, 3.63) is 75.6 Å². The van der Waals surface area contributed by atoms with Crippen LogP contribution in [0, 0.1) is 0 Å². The van der Waals surface area contributed by atoms with Crippen molar-refractivity contribution in [2.45, 2.75) is 32.2 Å². The fourth-order valence-electron chi connectivity index (χ4n) is 3.98. The molecule has 0 bridgehead atoms. The zero-order chi connectivity index (χ0) is 22.5. The van der Waals surface area contributed by atoms with Gasteiger partial charge in [-0.15, -0.1) is 0 Å². The zero-order valence-corrected chi connectivity index (χ0v) is 18.2. The van der Waals surface area contributed by atoms with Gasteiger partial charge >= 0.3 is 0 Å². The number of ether oxygens (including phenoxy) is 1. The SMILES string of the molecule is COc1ccc(-c2n[nH]c(=O)c3c2C(c2ccc(C(C)(C)C)cc2)n2nnnc2N3)cc1. The Hall–Kier alpha value is -4.01. The van der Waals surface area contributed by atoms with E-state index in [1.807, 2.05) is 24.3 Å². The summed E-state index contributed by atoms with van der Waals surface area (Å²) in [6.07, 6.45) is 0. The number of fused-ring (bicyclic) bond motifs is 2. The predicted octanol–water partition coefficient (Wildman–Crippen LogP) is 3.42. The van der Waals surface area contributed by atoms with E-state index < -0.39 is 6.04 Å². The molecule has 0 radical (unpaired) electrons. The molecule has 0 saturated carbocycles. The molecular weight excluding hydrogens is 406 g/mol. The average Bonchev–Trinajstić information content (AvgIpc) is 3.26. The van der Waals surface area contributed by atoms with Crippen molar-refractivity contribution >= 4 is 11.6 Å². The fraction of sp³-hybridized carbons (Fsp3) is 0.261. The Morgan fingerprint density at radius 1 is 1.03 bits per heavy atom. The second-order valence-electron chi connectivity index (χ2n) is 8.77. The van der Waals surface area contributed by atoms with Crippen LogP contribution < -0.4 is 15.6 Å². The predicted molar refractivity (Wildman–Crippen MR) is 120 cm³/mol. The maximum atomic E-state index is 12.8. The standard InChI is InChI=1S/C23H23N7O2/c1-23(2,3)15-9-5-14(6-10-15)20-17-18(13-7-11-16(32-4)12-8-13)25-26-21(31)19(17)24-22-27-28-29-30(20)22/h5-12,20H,1-4H3,(H,26,31)(H,24,27,29). The van der Waals surface area contributed by atoms with Crippen LogP contribution in [-0.4, -0.2) is 37.5 Å². The molecule has 2 N–H and O–H groups in total. The molecule has 0 fully saturated rings. The molecule has 162 valence electrons. The van der Waals surface area contributed by atoms with Gasteiger partial charge in [-0.3, -0.25) is 4.79 Å². The first kappa shape index (κ1) is 19.9. The molecular formula is C23H23N7O2. The lowest BCUT2D eigenvalue weighted by atomic mass is 9.85. The minimum atomic E-state index is -0.419. The number of hydrogen-bond donors (Lipinski definition) is 2. The van der Waals surface area contributed by atoms with E-state index in [9.17, 15) is 4.79 Å². The van der Waals surface area contributed by atoms with Crippen molar-refractivity contribution in [1.82, 2.24) is 30.4 Å². The average molecular weight is 429 g/mol. The van der Waals surface area contributed by atoms with E-state index in [0.717, 1.165) is 16.9 Å². The highest BCUT2D eigenvalue weighted by molar-refractivity contribution is 5.75. The molecule has 1 unspecified atom stereocenters. The molecule has 9 heteroatoms. The summed E-state index contributed by atoms with van der Waals surface area (Å²) in [5, 5.41) is 22.2. The third-order valence-electron chi connectivity index (χ3n) is 5.72. The highest BCUT2D eigenvalue weighted by atomic mass is 16.5. The van der Waals surface area contributed by atoms with Crippen LogP contribution in [0.1, 0.15) is 43.5 Å². The van der Waals surface area contributed by atoms with Crippen molar-refractivity contribution in [2.75, 3.05) is 12.4 Å². The molecule has 0 amide bonds. The number of nitrogens with one attached hydrogen (secondary N) is 2. The van der Waals surface area contributed by atoms with Crippen LogP contribution >= 0.6 is 0 Å². The number of nitrogens with zero attached hydrogens (tertiary/aromatic N) is 5. The third-order valence-corrected chi connectivity index (χ3v) is 5.72. The summed E-state index contributed by atoms with van der Waals surface area (Å²) in [6, 6.07) is 15.5. The minimum absolute atomic E-state index is 0.0253. The summed E-state index contributed by atoms with van der Waals surface area (Å²) in [4.78, 5) is 12.8. The van der Waals surface area contributed by atoms with Gasteiger partial charge in [0.05, 0.1) is 12.8 Å². The largest absolute Gasteiger partial charge is 0.497 e. The number of tetrazole rings is 1. The van der Waals surface area contributed by atoms with E-state index >= 15 is 0 Å². The van der Waals surface area contributed by atoms with E-state index in [1.165, 1.54) is 5.56 Å². The summed E-state index contributed by atoms with van der Waals surface area (Å²) >= 11 is 0. The third kappa shape index (κ3) is 3.22. The maximum absolute atomic E-state index is 12.8. The van der Waals surface area contributed by atoms with Crippen LogP contribution in [0.15, 0.2) is 53.3 Å². The number of anilines is 2. The van der Waals surface area contributed by atoms with Gasteiger partial charge in [0.2, 0.25) is 5.95 Å². The molecule has 9 nitrogen and oxygen atoms in total. The molecule has 2 aromatic carbocycles. The van der Waals surface area contributed by atoms with E-state index in [0.29, 0.717) is 22.9 Å². The molecule has 0 saturated heterocycles. The van der Waals surface area contributed by atoms with Crippen molar-refractivity contribution in [3.8, 4) is 17.0 Å². The van der Waals surface area contributed by atoms with Crippen molar-refractivity contribution in [1.29, 1.82) is 0 Å². The lowest BCUT2D eigenvalue weighted by molar-refractivity contribution is 0.415. The number of methoxy groups -OCH3 is 1. The second kappa shape index (κ2) is 7.30. The lowest BCUT2D eigenvalue weighted by Crippen LogP contribution is -2.29. The zero-order valence-electron chi connectivity index (χ0n) is 18.2. The maximum Gasteiger partial charge on any atom is 0.288 e. The minimum Gasteiger partial charge on any atom is -0.497 e. The first-order valence-corrected chi connectivity index (χ1v) is 10.3. The Bertz CT molecular complexity index is 1330. The van der Waals surface area contributed by atoms with Crippen LogP contribution in [0.2, 0.25) is 0 Å². The van der Waals surface area contributed by atoms with Gasteiger partial charge in [0.25, 0.3) is 5.56 Å². The number of rotatable bonds is 3. The molecule has 1 aliphatic rings. The Morgan fingerprint density at radius 2 is 1.75 bits per heavy atom. The summed E-state index contributed by atoms with van der Waals surface area (Å²) in [5.41, 5.74) is 4.44. The number of benzene rings is 2. The normalized spacial score (nSPS) is 14.9. The quantitative estimate of drug-likeness (QED) is 0.452. The van der Waals surface area contributed by atoms with E-state index in [1.54, 1.807) is 11.8 Å². The molecule has 1 aliphatic heterocycles. The van der Waals surface area contributed by atoms with Gasteiger partial charge < -0.3 is 10.1 Å². The number of hydrogen-bond acceptors (Lipinski definition) is 7. The van der Waals surface area contributed by atoms with E-state index in [2.05, 4.69) is 76.1 Å². The second-order valence-corrected chi connectivity index (χ2v) is 8.77. The summed E-state index contributed by atoms with van der Waals surface area (Å²) < 4.78 is 6.96. The van der Waals surface area contributed by atoms with Crippen molar-refractivity contribution in [3.63, 3.8) is 0 Å². The van der Waals surface area contributed by atoms with Gasteiger partial charge in [-0.1, -0.05) is 50.1 Å². The molecule has 1 atom stereocenters. The number of aromatic nitrogens is 6. The number of H-pyrrole nitrogens is 1. The lowest BCUT2D eigenvalue weighted by Gasteiger charge is -2.28. The van der Waals surface area contributed by atoms with Gasteiger partial charge in [0.1, 0.15) is 17.5 Å². The van der Waals surface area contributed by atoms with Gasteiger partial charge in [-0.2, -0.15) is 9.78 Å². The molecule has 5 rings (SSSR count). The van der Waals surface area contributed by atoms with Gasteiger partial charge in [-0.05, 0) is 51.2 Å². The number of aromatic amines is 1. The first-order chi connectivity index (χ1) is 15.4. The van der Waals surface area contributed by atoms with Crippen molar-refractivity contribution < 1.29 is 4.74 Å². The van der Waals surface area contributed by atoms with E-state index in [4.69, 9.17) is 4.74 Å². The molecule has 0 aliphatic carbocycles. The van der Waals surface area contributed by atoms with E-state index in [-0.39, 0.29) is 11.0 Å². The summed E-state index contributed by atoms with van der Waals surface area (Å²) in [6.45, 7) is 6.52. The molecule has 3 heterocycles. The summed E-state index contributed by atoms with van der Waals surface area (Å²) in [7, 11) is 1.62. The topological polar surface area (TPSA) is 111 Å².